The van der Waals surface area contributed by atoms with Crippen LogP contribution in [0.1, 0.15) is 12.6 Å². The topological polar surface area (TPSA) is 52.1 Å². The maximum atomic E-state index is 11.3. The molecule has 0 aliphatic rings. The van der Waals surface area contributed by atoms with E-state index in [1.54, 1.807) is 6.92 Å². The summed E-state index contributed by atoms with van der Waals surface area (Å²) < 4.78 is 4.85. The number of hydrogen-bond acceptors (Lipinski definition) is 4. The van der Waals surface area contributed by atoms with Crippen LogP contribution in [-0.4, -0.2) is 22.8 Å². The standard InChI is InChI=1S/C12H12N2O2/c1-2-16-12(15)8-10-7-9-5-3-4-6-11(9)14-13-10/h3-7H,2,8H2,1H3. The molecule has 4 nitrogen and oxygen atoms in total. The predicted octanol–water partition coefficient (Wildman–Crippen LogP) is 1.74. The molecule has 0 unspecified atom stereocenters. The molecule has 0 spiro atoms. The predicted molar refractivity (Wildman–Crippen MR) is 59.9 cm³/mol. The van der Waals surface area contributed by atoms with E-state index in [0.717, 1.165) is 10.9 Å². The zero-order valence-electron chi connectivity index (χ0n) is 9.01. The second kappa shape index (κ2) is 4.70. The van der Waals surface area contributed by atoms with E-state index in [1.165, 1.54) is 0 Å². The van der Waals surface area contributed by atoms with E-state index >= 15 is 0 Å². The van der Waals surface area contributed by atoms with Gasteiger partial charge < -0.3 is 4.74 Å². The summed E-state index contributed by atoms with van der Waals surface area (Å²) in [4.78, 5) is 11.3. The molecule has 0 amide bonds. The Morgan fingerprint density at radius 2 is 2.12 bits per heavy atom. The molecular formula is C12H12N2O2. The summed E-state index contributed by atoms with van der Waals surface area (Å²) in [6, 6.07) is 9.52. The number of carbonyl (C=O) groups is 1. The third kappa shape index (κ3) is 2.34. The SMILES string of the molecule is CCOC(=O)Cc1cc2ccccc2nn1. The number of fused-ring (bicyclic) bond motifs is 1. The van der Waals surface area contributed by atoms with Crippen LogP contribution in [0.4, 0.5) is 0 Å². The minimum absolute atomic E-state index is 0.172. The number of hydrogen-bond donors (Lipinski definition) is 0. The number of nitrogens with zero attached hydrogens (tertiary/aromatic N) is 2. The van der Waals surface area contributed by atoms with Crippen LogP contribution in [0.2, 0.25) is 0 Å². The van der Waals surface area contributed by atoms with E-state index in [1.807, 2.05) is 30.3 Å². The summed E-state index contributed by atoms with van der Waals surface area (Å²) in [5, 5.41) is 9.00. The summed E-state index contributed by atoms with van der Waals surface area (Å²) in [6.45, 7) is 2.17. The Morgan fingerprint density at radius 3 is 2.94 bits per heavy atom. The maximum Gasteiger partial charge on any atom is 0.311 e. The molecule has 0 fully saturated rings. The molecular weight excluding hydrogens is 204 g/mol. The molecule has 82 valence electrons. The molecule has 1 aromatic carbocycles. The van der Waals surface area contributed by atoms with Crippen LogP contribution in [-0.2, 0) is 16.0 Å². The molecule has 0 aliphatic carbocycles. The van der Waals surface area contributed by atoms with E-state index < -0.39 is 0 Å². The van der Waals surface area contributed by atoms with Crippen LogP contribution in [0.3, 0.4) is 0 Å². The molecule has 1 aromatic heterocycles. The van der Waals surface area contributed by atoms with E-state index in [9.17, 15) is 4.79 Å². The van der Waals surface area contributed by atoms with Gasteiger partial charge in [-0.3, -0.25) is 4.79 Å². The van der Waals surface area contributed by atoms with Crippen molar-refractivity contribution in [3.63, 3.8) is 0 Å². The first-order valence-corrected chi connectivity index (χ1v) is 5.16. The number of ether oxygens (including phenoxy) is 1. The lowest BCUT2D eigenvalue weighted by Crippen LogP contribution is -2.09. The van der Waals surface area contributed by atoms with Crippen LogP contribution >= 0.6 is 0 Å². The van der Waals surface area contributed by atoms with Gasteiger partial charge in [0.15, 0.2) is 0 Å². The van der Waals surface area contributed by atoms with Crippen molar-refractivity contribution in [2.45, 2.75) is 13.3 Å². The van der Waals surface area contributed by atoms with Gasteiger partial charge in [0.2, 0.25) is 0 Å². The van der Waals surface area contributed by atoms with Crippen LogP contribution in [0, 0.1) is 0 Å². The fourth-order valence-corrected chi connectivity index (χ4v) is 1.47. The van der Waals surface area contributed by atoms with E-state index in [2.05, 4.69) is 10.2 Å². The largest absolute Gasteiger partial charge is 0.466 e. The Hall–Kier alpha value is -1.97. The molecule has 0 aliphatic heterocycles. The van der Waals surface area contributed by atoms with Crippen molar-refractivity contribution in [2.75, 3.05) is 6.61 Å². The second-order valence-corrected chi connectivity index (χ2v) is 3.38. The van der Waals surface area contributed by atoms with Gasteiger partial charge in [-0.2, -0.15) is 10.2 Å². The smallest absolute Gasteiger partial charge is 0.311 e. The van der Waals surface area contributed by atoms with Gasteiger partial charge in [-0.15, -0.1) is 0 Å². The summed E-state index contributed by atoms with van der Waals surface area (Å²) in [7, 11) is 0. The van der Waals surface area contributed by atoms with Gasteiger partial charge in [0.25, 0.3) is 0 Å². The Labute approximate surface area is 93.3 Å². The fraction of sp³-hybridized carbons (Fsp3) is 0.250. The van der Waals surface area contributed by atoms with Gasteiger partial charge in [-0.1, -0.05) is 18.2 Å². The monoisotopic (exact) mass is 216 g/mol. The molecule has 16 heavy (non-hydrogen) atoms. The minimum Gasteiger partial charge on any atom is -0.466 e. The molecule has 0 radical (unpaired) electrons. The average molecular weight is 216 g/mol. The van der Waals surface area contributed by atoms with Crippen molar-refractivity contribution >= 4 is 16.9 Å². The normalized spacial score (nSPS) is 10.3. The van der Waals surface area contributed by atoms with Crippen molar-refractivity contribution in [3.8, 4) is 0 Å². The van der Waals surface area contributed by atoms with Crippen LogP contribution in [0.5, 0.6) is 0 Å². The molecule has 0 N–H and O–H groups in total. The van der Waals surface area contributed by atoms with E-state index in [0.29, 0.717) is 12.3 Å². The van der Waals surface area contributed by atoms with Gasteiger partial charge in [0.05, 0.1) is 24.2 Å². The first kappa shape index (κ1) is 10.5. The number of esters is 1. The van der Waals surface area contributed by atoms with Gasteiger partial charge in [-0.25, -0.2) is 0 Å². The Kier molecular flexibility index (Phi) is 3.10. The Morgan fingerprint density at radius 1 is 1.31 bits per heavy atom. The fourth-order valence-electron chi connectivity index (χ4n) is 1.47. The minimum atomic E-state index is -0.271. The molecule has 0 bridgehead atoms. The highest BCUT2D eigenvalue weighted by atomic mass is 16.5. The number of rotatable bonds is 3. The van der Waals surface area contributed by atoms with Crippen molar-refractivity contribution in [3.05, 3.63) is 36.0 Å². The lowest BCUT2D eigenvalue weighted by Gasteiger charge is -2.01. The summed E-state index contributed by atoms with van der Waals surface area (Å²) in [5.74, 6) is -0.271. The molecule has 2 aromatic rings. The summed E-state index contributed by atoms with van der Waals surface area (Å²) in [5.41, 5.74) is 1.47. The lowest BCUT2D eigenvalue weighted by molar-refractivity contribution is -0.142. The van der Waals surface area contributed by atoms with Gasteiger partial charge in [-0.05, 0) is 19.1 Å². The molecule has 0 saturated carbocycles. The summed E-state index contributed by atoms with van der Waals surface area (Å²) >= 11 is 0. The van der Waals surface area contributed by atoms with Crippen LogP contribution < -0.4 is 0 Å². The first-order chi connectivity index (χ1) is 7.79. The molecule has 4 heteroatoms. The van der Waals surface area contributed by atoms with Crippen molar-refractivity contribution in [1.29, 1.82) is 0 Å². The van der Waals surface area contributed by atoms with Crippen LogP contribution in [0.15, 0.2) is 30.3 Å². The van der Waals surface area contributed by atoms with E-state index in [-0.39, 0.29) is 12.4 Å². The van der Waals surface area contributed by atoms with Crippen molar-refractivity contribution < 1.29 is 9.53 Å². The average Bonchev–Trinajstić information content (AvgIpc) is 2.29. The van der Waals surface area contributed by atoms with Gasteiger partial charge >= 0.3 is 5.97 Å². The van der Waals surface area contributed by atoms with Gasteiger partial charge in [0, 0.05) is 5.39 Å². The quantitative estimate of drug-likeness (QED) is 0.733. The molecule has 0 atom stereocenters. The number of carbonyl (C=O) groups excluding carboxylic acids is 1. The Bertz CT molecular complexity index is 511. The third-order valence-corrected chi connectivity index (χ3v) is 2.18. The Balaban J connectivity index is 2.22. The van der Waals surface area contributed by atoms with Crippen molar-refractivity contribution in [2.24, 2.45) is 0 Å². The third-order valence-electron chi connectivity index (χ3n) is 2.18. The number of benzene rings is 1. The zero-order valence-corrected chi connectivity index (χ0v) is 9.01. The zero-order chi connectivity index (χ0) is 11.4. The summed E-state index contributed by atoms with van der Waals surface area (Å²) in [6.07, 6.45) is 0.172. The molecule has 1 heterocycles. The molecule has 2 rings (SSSR count). The highest BCUT2D eigenvalue weighted by molar-refractivity contribution is 5.79. The first-order valence-electron chi connectivity index (χ1n) is 5.16. The maximum absolute atomic E-state index is 11.3. The molecule has 0 saturated heterocycles. The lowest BCUT2D eigenvalue weighted by atomic mass is 10.2. The van der Waals surface area contributed by atoms with Crippen LogP contribution in [0.25, 0.3) is 10.9 Å². The number of aromatic nitrogens is 2. The highest BCUT2D eigenvalue weighted by Crippen LogP contribution is 2.11. The highest BCUT2D eigenvalue weighted by Gasteiger charge is 2.06. The van der Waals surface area contributed by atoms with Gasteiger partial charge in [0.1, 0.15) is 0 Å². The van der Waals surface area contributed by atoms with E-state index in [4.69, 9.17) is 4.74 Å². The second-order valence-electron chi connectivity index (χ2n) is 3.38. The van der Waals surface area contributed by atoms with Crippen molar-refractivity contribution in [1.82, 2.24) is 10.2 Å².